The van der Waals surface area contributed by atoms with E-state index in [0.717, 1.165) is 31.6 Å². The Hall–Kier alpha value is -0.420. The summed E-state index contributed by atoms with van der Waals surface area (Å²) in [7, 11) is 0. The van der Waals surface area contributed by atoms with Gasteiger partial charge >= 0.3 is 0 Å². The van der Waals surface area contributed by atoms with Crippen molar-refractivity contribution >= 4 is 17.2 Å². The summed E-state index contributed by atoms with van der Waals surface area (Å²) in [6, 6.07) is 0. The van der Waals surface area contributed by atoms with Crippen LogP contribution in [0.1, 0.15) is 39.5 Å². The largest absolute Gasteiger partial charge is 0.274 e. The second kappa shape index (κ2) is 5.46. The van der Waals surface area contributed by atoms with Crippen LogP contribution in [0.2, 0.25) is 0 Å². The number of carbonyl (C=O) groups is 1. The molecule has 0 heterocycles. The number of amides is 1. The van der Waals surface area contributed by atoms with Gasteiger partial charge in [0.2, 0.25) is 5.91 Å². The molecule has 1 amide bonds. The minimum Gasteiger partial charge on any atom is -0.274 e. The van der Waals surface area contributed by atoms with Gasteiger partial charge in [-0.1, -0.05) is 6.92 Å². The highest BCUT2D eigenvalue weighted by molar-refractivity contribution is 7.78. The third kappa shape index (κ3) is 4.19. The van der Waals surface area contributed by atoms with E-state index in [-0.39, 0.29) is 12.0 Å². The van der Waals surface area contributed by atoms with Gasteiger partial charge in [0.25, 0.3) is 11.3 Å². The number of nitrogens with one attached hydrogen (secondary N) is 1. The molecular weight excluding hydrogens is 202 g/mol. The monoisotopic (exact) mass is 219 g/mol. The summed E-state index contributed by atoms with van der Waals surface area (Å²) < 4.78 is 18.6. The Balaban J connectivity index is 2.24. The molecule has 0 aliphatic heterocycles. The van der Waals surface area contributed by atoms with Crippen LogP contribution in [-0.2, 0) is 20.2 Å². The fourth-order valence-corrected chi connectivity index (χ4v) is 2.31. The predicted molar refractivity (Wildman–Crippen MR) is 54.5 cm³/mol. The standard InChI is InChI=1S/C9H17NO3S/c1-7-3-5-9(6-4-7)13-14(12)10-8(2)11/h7,9H,3-6H2,1-2H3,(H,10,11). The maximum absolute atomic E-state index is 11.2. The zero-order valence-electron chi connectivity index (χ0n) is 8.62. The molecule has 1 N–H and O–H groups in total. The predicted octanol–water partition coefficient (Wildman–Crippen LogP) is 1.30. The van der Waals surface area contributed by atoms with Crippen LogP contribution in [0.5, 0.6) is 0 Å². The highest BCUT2D eigenvalue weighted by atomic mass is 32.2. The lowest BCUT2D eigenvalue weighted by molar-refractivity contribution is -0.117. The van der Waals surface area contributed by atoms with Gasteiger partial charge in [-0.2, -0.15) is 0 Å². The fraction of sp³-hybridized carbons (Fsp3) is 0.889. The summed E-state index contributed by atoms with van der Waals surface area (Å²) in [5.41, 5.74) is 0. The zero-order chi connectivity index (χ0) is 10.6. The van der Waals surface area contributed by atoms with E-state index in [1.165, 1.54) is 6.92 Å². The molecule has 0 aromatic carbocycles. The molecule has 0 bridgehead atoms. The van der Waals surface area contributed by atoms with E-state index in [1.54, 1.807) is 0 Å². The second-order valence-electron chi connectivity index (χ2n) is 3.87. The van der Waals surface area contributed by atoms with Crippen LogP contribution in [0, 0.1) is 5.92 Å². The first-order valence-electron chi connectivity index (χ1n) is 4.94. The highest BCUT2D eigenvalue weighted by Gasteiger charge is 2.21. The van der Waals surface area contributed by atoms with Crippen molar-refractivity contribution in [1.29, 1.82) is 0 Å². The number of hydrogen-bond acceptors (Lipinski definition) is 3. The van der Waals surface area contributed by atoms with Gasteiger partial charge in [0, 0.05) is 6.92 Å². The molecule has 1 atom stereocenters. The zero-order valence-corrected chi connectivity index (χ0v) is 9.43. The summed E-state index contributed by atoms with van der Waals surface area (Å²) >= 11 is -1.66. The Morgan fingerprint density at radius 2 is 1.93 bits per heavy atom. The molecule has 1 saturated carbocycles. The van der Waals surface area contributed by atoms with Crippen LogP contribution in [0.15, 0.2) is 0 Å². The molecule has 1 fully saturated rings. The molecule has 0 radical (unpaired) electrons. The summed E-state index contributed by atoms with van der Waals surface area (Å²) in [4.78, 5) is 10.6. The Bertz CT molecular complexity index is 224. The van der Waals surface area contributed by atoms with E-state index in [4.69, 9.17) is 4.18 Å². The van der Waals surface area contributed by atoms with E-state index in [0.29, 0.717) is 0 Å². The van der Waals surface area contributed by atoms with Crippen LogP contribution in [0.4, 0.5) is 0 Å². The average molecular weight is 219 g/mol. The van der Waals surface area contributed by atoms with Crippen LogP contribution >= 0.6 is 0 Å². The summed E-state index contributed by atoms with van der Waals surface area (Å²) in [6.45, 7) is 3.53. The van der Waals surface area contributed by atoms with E-state index in [1.807, 2.05) is 0 Å². The minimum absolute atomic E-state index is 0.0406. The van der Waals surface area contributed by atoms with Gasteiger partial charge in [0.05, 0.1) is 6.10 Å². The van der Waals surface area contributed by atoms with Gasteiger partial charge in [-0.05, 0) is 31.6 Å². The molecule has 1 aliphatic rings. The molecule has 0 aromatic heterocycles. The SMILES string of the molecule is CC(=O)NS(=O)OC1CCC(C)CC1. The Kier molecular flexibility index (Phi) is 4.54. The second-order valence-corrected chi connectivity index (χ2v) is 4.74. The lowest BCUT2D eigenvalue weighted by atomic mass is 9.89. The summed E-state index contributed by atoms with van der Waals surface area (Å²) in [6.07, 6.45) is 4.14. The third-order valence-corrected chi connectivity index (χ3v) is 3.31. The smallest absolute Gasteiger partial charge is 0.264 e. The molecule has 14 heavy (non-hydrogen) atoms. The van der Waals surface area contributed by atoms with E-state index < -0.39 is 11.3 Å². The quantitative estimate of drug-likeness (QED) is 0.778. The maximum Gasteiger partial charge on any atom is 0.264 e. The molecule has 5 heteroatoms. The summed E-state index contributed by atoms with van der Waals surface area (Å²) in [5, 5.41) is 0. The van der Waals surface area contributed by atoms with Gasteiger partial charge in [-0.25, -0.2) is 4.21 Å². The minimum atomic E-state index is -1.66. The van der Waals surface area contributed by atoms with Crippen molar-refractivity contribution in [2.24, 2.45) is 5.92 Å². The molecule has 0 aromatic rings. The Labute approximate surface area is 87.2 Å². The third-order valence-electron chi connectivity index (χ3n) is 2.41. The van der Waals surface area contributed by atoms with E-state index in [2.05, 4.69) is 11.6 Å². The number of hydrogen-bond donors (Lipinski definition) is 1. The van der Waals surface area contributed by atoms with Crippen LogP contribution in [0.25, 0.3) is 0 Å². The van der Waals surface area contributed by atoms with Crippen LogP contribution in [0.3, 0.4) is 0 Å². The van der Waals surface area contributed by atoms with Crippen molar-refractivity contribution in [3.63, 3.8) is 0 Å². The van der Waals surface area contributed by atoms with Gasteiger partial charge in [-0.3, -0.25) is 13.7 Å². The molecule has 1 rings (SSSR count). The van der Waals surface area contributed by atoms with Crippen molar-refractivity contribution in [3.05, 3.63) is 0 Å². The fourth-order valence-electron chi connectivity index (χ4n) is 1.59. The first kappa shape index (κ1) is 11.7. The van der Waals surface area contributed by atoms with Crippen molar-refractivity contribution in [1.82, 2.24) is 4.72 Å². The maximum atomic E-state index is 11.2. The Morgan fingerprint density at radius 3 is 2.43 bits per heavy atom. The molecule has 1 unspecified atom stereocenters. The lowest BCUT2D eigenvalue weighted by Gasteiger charge is -2.24. The molecule has 4 nitrogen and oxygen atoms in total. The normalized spacial score (nSPS) is 29.6. The van der Waals surface area contributed by atoms with Crippen molar-refractivity contribution in [3.8, 4) is 0 Å². The first-order chi connectivity index (χ1) is 6.58. The lowest BCUT2D eigenvalue weighted by Crippen LogP contribution is -2.29. The average Bonchev–Trinajstić information content (AvgIpc) is 2.07. The number of carbonyl (C=O) groups excluding carboxylic acids is 1. The van der Waals surface area contributed by atoms with Crippen molar-refractivity contribution in [2.75, 3.05) is 0 Å². The molecule has 82 valence electrons. The van der Waals surface area contributed by atoms with Crippen LogP contribution in [-0.4, -0.2) is 16.2 Å². The highest BCUT2D eigenvalue weighted by Crippen LogP contribution is 2.25. The molecule has 0 saturated heterocycles. The molecule has 0 spiro atoms. The number of rotatable bonds is 3. The van der Waals surface area contributed by atoms with Gasteiger partial charge in [-0.15, -0.1) is 0 Å². The van der Waals surface area contributed by atoms with E-state index >= 15 is 0 Å². The summed E-state index contributed by atoms with van der Waals surface area (Å²) in [5.74, 6) is 0.413. The first-order valence-corrected chi connectivity index (χ1v) is 6.01. The molecule has 1 aliphatic carbocycles. The van der Waals surface area contributed by atoms with E-state index in [9.17, 15) is 9.00 Å². The van der Waals surface area contributed by atoms with Gasteiger partial charge in [0.15, 0.2) is 0 Å². The van der Waals surface area contributed by atoms with Crippen molar-refractivity contribution < 1.29 is 13.2 Å². The van der Waals surface area contributed by atoms with Crippen molar-refractivity contribution in [2.45, 2.75) is 45.6 Å². The van der Waals surface area contributed by atoms with Gasteiger partial charge < -0.3 is 0 Å². The van der Waals surface area contributed by atoms with Gasteiger partial charge in [0.1, 0.15) is 0 Å². The van der Waals surface area contributed by atoms with Crippen LogP contribution < -0.4 is 4.72 Å². The Morgan fingerprint density at radius 1 is 1.36 bits per heavy atom. The molecular formula is C9H17NO3S. The topological polar surface area (TPSA) is 55.4 Å².